The van der Waals surface area contributed by atoms with Crippen LogP contribution in [0.3, 0.4) is 0 Å². The van der Waals surface area contributed by atoms with Gasteiger partial charge in [0.15, 0.2) is 0 Å². The average Bonchev–Trinajstić information content (AvgIpc) is 2.75. The van der Waals surface area contributed by atoms with E-state index in [0.717, 1.165) is 36.8 Å². The first-order valence-corrected chi connectivity index (χ1v) is 6.91. The number of aliphatic hydroxyl groups is 1. The van der Waals surface area contributed by atoms with Crippen LogP contribution < -0.4 is 5.73 Å². The Labute approximate surface area is 114 Å². The summed E-state index contributed by atoms with van der Waals surface area (Å²) in [5.74, 6) is -0.236. The summed E-state index contributed by atoms with van der Waals surface area (Å²) in [5, 5.41) is 10.4. The van der Waals surface area contributed by atoms with E-state index in [-0.39, 0.29) is 5.82 Å². The Bertz CT molecular complexity index is 430. The van der Waals surface area contributed by atoms with Gasteiger partial charge in [-0.3, -0.25) is 4.90 Å². The van der Waals surface area contributed by atoms with Gasteiger partial charge in [-0.2, -0.15) is 0 Å². The van der Waals surface area contributed by atoms with Crippen LogP contribution in [-0.2, 0) is 13.1 Å². The number of halogens is 1. The van der Waals surface area contributed by atoms with Crippen molar-refractivity contribution in [3.8, 4) is 0 Å². The van der Waals surface area contributed by atoms with Crippen LogP contribution in [-0.4, -0.2) is 29.2 Å². The minimum Gasteiger partial charge on any atom is -0.389 e. The number of nitrogens with two attached hydrogens (primary N) is 1. The van der Waals surface area contributed by atoms with Gasteiger partial charge in [0.1, 0.15) is 5.82 Å². The van der Waals surface area contributed by atoms with E-state index in [4.69, 9.17) is 5.73 Å². The first-order valence-electron chi connectivity index (χ1n) is 6.91. The summed E-state index contributed by atoms with van der Waals surface area (Å²) in [7, 11) is 1.96. The first-order chi connectivity index (χ1) is 9.02. The lowest BCUT2D eigenvalue weighted by molar-refractivity contribution is 0.0144. The first kappa shape index (κ1) is 14.4. The van der Waals surface area contributed by atoms with E-state index in [1.165, 1.54) is 12.1 Å². The van der Waals surface area contributed by atoms with Crippen LogP contribution in [0.15, 0.2) is 18.2 Å². The molecule has 3 N–H and O–H groups in total. The molecule has 0 aliphatic heterocycles. The molecule has 1 aromatic carbocycles. The minimum absolute atomic E-state index is 0.236. The van der Waals surface area contributed by atoms with Gasteiger partial charge in [-0.15, -0.1) is 0 Å². The van der Waals surface area contributed by atoms with Gasteiger partial charge in [-0.05, 0) is 43.1 Å². The highest BCUT2D eigenvalue weighted by Gasteiger charge is 2.32. The molecule has 3 nitrogen and oxygen atoms in total. The van der Waals surface area contributed by atoms with Gasteiger partial charge < -0.3 is 10.8 Å². The van der Waals surface area contributed by atoms with Crippen LogP contribution >= 0.6 is 0 Å². The molecule has 1 saturated carbocycles. The van der Waals surface area contributed by atoms with Gasteiger partial charge in [-0.1, -0.05) is 18.9 Å². The van der Waals surface area contributed by atoms with Crippen molar-refractivity contribution in [2.75, 3.05) is 13.6 Å². The summed E-state index contributed by atoms with van der Waals surface area (Å²) in [4.78, 5) is 2.05. The largest absolute Gasteiger partial charge is 0.389 e. The molecular formula is C15H23FN2O. The fraction of sp³-hybridized carbons (Fsp3) is 0.600. The van der Waals surface area contributed by atoms with E-state index in [1.807, 2.05) is 7.05 Å². The van der Waals surface area contributed by atoms with E-state index >= 15 is 0 Å². The van der Waals surface area contributed by atoms with Gasteiger partial charge in [-0.25, -0.2) is 4.39 Å². The molecule has 0 spiro atoms. The van der Waals surface area contributed by atoms with Crippen LogP contribution in [0.1, 0.15) is 36.8 Å². The van der Waals surface area contributed by atoms with Crippen molar-refractivity contribution in [3.63, 3.8) is 0 Å². The molecule has 1 aromatic rings. The molecule has 0 amide bonds. The van der Waals surface area contributed by atoms with Crippen LogP contribution in [0, 0.1) is 5.82 Å². The van der Waals surface area contributed by atoms with E-state index in [1.54, 1.807) is 6.07 Å². The van der Waals surface area contributed by atoms with Crippen LogP contribution in [0.25, 0.3) is 0 Å². The van der Waals surface area contributed by atoms with Gasteiger partial charge in [0.2, 0.25) is 0 Å². The van der Waals surface area contributed by atoms with Crippen molar-refractivity contribution >= 4 is 0 Å². The van der Waals surface area contributed by atoms with Crippen molar-refractivity contribution in [3.05, 3.63) is 35.1 Å². The highest BCUT2D eigenvalue weighted by Crippen LogP contribution is 2.30. The molecule has 0 heterocycles. The SMILES string of the molecule is CN(Cc1cc(F)ccc1CN)CC1(O)CCCC1. The van der Waals surface area contributed by atoms with Crippen molar-refractivity contribution in [2.24, 2.45) is 5.73 Å². The third kappa shape index (κ3) is 3.75. The summed E-state index contributed by atoms with van der Waals surface area (Å²) < 4.78 is 13.3. The highest BCUT2D eigenvalue weighted by atomic mass is 19.1. The van der Waals surface area contributed by atoms with Gasteiger partial charge in [0, 0.05) is 19.6 Å². The summed E-state index contributed by atoms with van der Waals surface area (Å²) in [6, 6.07) is 4.72. The normalized spacial score (nSPS) is 18.2. The molecule has 106 valence electrons. The standard InChI is InChI=1S/C15H23FN2O/c1-18(11-15(19)6-2-3-7-15)10-13-8-14(16)5-4-12(13)9-17/h4-5,8,19H,2-3,6-7,9-11,17H2,1H3. The lowest BCUT2D eigenvalue weighted by Gasteiger charge is -2.29. The fourth-order valence-corrected chi connectivity index (χ4v) is 2.98. The topological polar surface area (TPSA) is 49.5 Å². The van der Waals surface area contributed by atoms with Crippen molar-refractivity contribution in [2.45, 2.75) is 44.4 Å². The van der Waals surface area contributed by atoms with Crippen molar-refractivity contribution in [1.29, 1.82) is 0 Å². The lowest BCUT2D eigenvalue weighted by atomic mass is 10.0. The zero-order valence-corrected chi connectivity index (χ0v) is 11.5. The number of hydrogen-bond donors (Lipinski definition) is 2. The van der Waals surface area contributed by atoms with E-state index in [9.17, 15) is 9.50 Å². The molecule has 19 heavy (non-hydrogen) atoms. The zero-order chi connectivity index (χ0) is 13.9. The lowest BCUT2D eigenvalue weighted by Crippen LogP contribution is -2.39. The van der Waals surface area contributed by atoms with E-state index in [2.05, 4.69) is 4.90 Å². The smallest absolute Gasteiger partial charge is 0.123 e. The minimum atomic E-state index is -0.565. The molecule has 0 unspecified atom stereocenters. The van der Waals surface area contributed by atoms with E-state index < -0.39 is 5.60 Å². The molecule has 1 fully saturated rings. The van der Waals surface area contributed by atoms with Crippen LogP contribution in [0.5, 0.6) is 0 Å². The summed E-state index contributed by atoms with van der Waals surface area (Å²) >= 11 is 0. The quantitative estimate of drug-likeness (QED) is 0.857. The third-order valence-electron chi connectivity index (χ3n) is 3.93. The molecule has 2 rings (SSSR count). The second-order valence-electron chi connectivity index (χ2n) is 5.72. The second kappa shape index (κ2) is 5.99. The molecule has 0 bridgehead atoms. The third-order valence-corrected chi connectivity index (χ3v) is 3.93. The Balaban J connectivity index is 2.02. The maximum Gasteiger partial charge on any atom is 0.123 e. The van der Waals surface area contributed by atoms with Crippen molar-refractivity contribution < 1.29 is 9.50 Å². The second-order valence-corrected chi connectivity index (χ2v) is 5.72. The molecule has 1 aliphatic rings. The van der Waals surface area contributed by atoms with Gasteiger partial charge in [0.05, 0.1) is 5.60 Å². The Morgan fingerprint density at radius 2 is 2.00 bits per heavy atom. The Morgan fingerprint density at radius 1 is 1.32 bits per heavy atom. The van der Waals surface area contributed by atoms with Gasteiger partial charge >= 0.3 is 0 Å². The Morgan fingerprint density at radius 3 is 2.63 bits per heavy atom. The molecular weight excluding hydrogens is 243 g/mol. The maximum atomic E-state index is 13.3. The number of rotatable bonds is 5. The van der Waals surface area contributed by atoms with Crippen LogP contribution in [0.2, 0.25) is 0 Å². The molecule has 0 atom stereocenters. The molecule has 4 heteroatoms. The maximum absolute atomic E-state index is 13.3. The average molecular weight is 266 g/mol. The predicted octanol–water partition coefficient (Wildman–Crippen LogP) is 2.02. The van der Waals surface area contributed by atoms with E-state index in [0.29, 0.717) is 19.6 Å². The Kier molecular flexibility index (Phi) is 4.55. The number of nitrogens with zero attached hydrogens (tertiary/aromatic N) is 1. The van der Waals surface area contributed by atoms with Crippen molar-refractivity contribution in [1.82, 2.24) is 4.90 Å². The molecule has 0 aromatic heterocycles. The number of benzene rings is 1. The molecule has 1 aliphatic carbocycles. The Hall–Kier alpha value is -0.970. The predicted molar refractivity (Wildman–Crippen MR) is 74.0 cm³/mol. The summed E-state index contributed by atoms with van der Waals surface area (Å²) in [5.41, 5.74) is 6.98. The van der Waals surface area contributed by atoms with Crippen LogP contribution in [0.4, 0.5) is 4.39 Å². The summed E-state index contributed by atoms with van der Waals surface area (Å²) in [6.45, 7) is 1.66. The fourth-order valence-electron chi connectivity index (χ4n) is 2.98. The van der Waals surface area contributed by atoms with Gasteiger partial charge in [0.25, 0.3) is 0 Å². The number of hydrogen-bond acceptors (Lipinski definition) is 3. The summed E-state index contributed by atoms with van der Waals surface area (Å²) in [6.07, 6.45) is 3.92. The number of likely N-dealkylation sites (N-methyl/N-ethyl adjacent to an activating group) is 1. The molecule has 0 saturated heterocycles. The zero-order valence-electron chi connectivity index (χ0n) is 11.5. The monoisotopic (exact) mass is 266 g/mol. The molecule has 0 radical (unpaired) electrons. The highest BCUT2D eigenvalue weighted by molar-refractivity contribution is 5.27.